The summed E-state index contributed by atoms with van der Waals surface area (Å²) in [5.74, 6) is 1.47. The summed E-state index contributed by atoms with van der Waals surface area (Å²) in [5, 5.41) is 3.49. The van der Waals surface area contributed by atoms with Gasteiger partial charge < -0.3 is 10.3 Å². The number of nitrogens with zero attached hydrogens (tertiary/aromatic N) is 1. The van der Waals surface area contributed by atoms with Gasteiger partial charge in [-0.2, -0.15) is 0 Å². The fraction of sp³-hybridized carbons (Fsp3) is 0.400. The van der Waals surface area contributed by atoms with Gasteiger partial charge in [0.2, 0.25) is 5.91 Å². The molecular formula is C15H17N3O2S2. The predicted octanol–water partition coefficient (Wildman–Crippen LogP) is 2.01. The van der Waals surface area contributed by atoms with Crippen LogP contribution in [0.15, 0.2) is 17.4 Å². The average molecular weight is 335 g/mol. The molecule has 2 aromatic heterocycles. The fourth-order valence-corrected chi connectivity index (χ4v) is 4.59. The number of amides is 1. The molecule has 0 unspecified atom stereocenters. The lowest BCUT2D eigenvalue weighted by atomic mass is 10.2. The molecule has 2 aromatic rings. The minimum atomic E-state index is -0.0453. The average Bonchev–Trinajstić information content (AvgIpc) is 3.05. The van der Waals surface area contributed by atoms with Crippen LogP contribution in [0, 0.1) is 0 Å². The molecule has 7 heteroatoms. The normalized spacial score (nSPS) is 13.3. The summed E-state index contributed by atoms with van der Waals surface area (Å²) in [7, 11) is 0. The number of thioether (sulfide) groups is 1. The molecule has 3 rings (SSSR count). The molecule has 1 aliphatic carbocycles. The Balaban J connectivity index is 1.69. The lowest BCUT2D eigenvalue weighted by Crippen LogP contribution is -2.25. The van der Waals surface area contributed by atoms with E-state index >= 15 is 0 Å². The molecule has 2 N–H and O–H groups in total. The van der Waals surface area contributed by atoms with E-state index in [1.54, 1.807) is 17.4 Å². The zero-order valence-electron chi connectivity index (χ0n) is 12.1. The van der Waals surface area contributed by atoms with Crippen LogP contribution in [0.5, 0.6) is 0 Å². The Labute approximate surface area is 136 Å². The van der Waals surface area contributed by atoms with E-state index in [9.17, 15) is 9.59 Å². The highest BCUT2D eigenvalue weighted by Crippen LogP contribution is 2.34. The second-order valence-electron chi connectivity index (χ2n) is 5.14. The van der Waals surface area contributed by atoms with Crippen molar-refractivity contribution >= 4 is 39.2 Å². The van der Waals surface area contributed by atoms with E-state index in [0.717, 1.165) is 29.5 Å². The number of aromatic nitrogens is 2. The SMILES string of the molecule is C=CCNC(=O)CSCc1nc2sc3c(c2c(=O)[nH]1)CCC3. The Kier molecular flexibility index (Phi) is 4.63. The Morgan fingerprint density at radius 1 is 1.50 bits per heavy atom. The maximum Gasteiger partial charge on any atom is 0.259 e. The number of rotatable bonds is 6. The number of carbonyl (C=O) groups is 1. The number of H-pyrrole nitrogens is 1. The molecular weight excluding hydrogens is 318 g/mol. The van der Waals surface area contributed by atoms with Gasteiger partial charge >= 0.3 is 0 Å². The zero-order chi connectivity index (χ0) is 15.5. The third kappa shape index (κ3) is 3.10. The molecule has 0 aromatic carbocycles. The van der Waals surface area contributed by atoms with Crippen molar-refractivity contribution in [1.82, 2.24) is 15.3 Å². The van der Waals surface area contributed by atoms with Crippen molar-refractivity contribution in [3.05, 3.63) is 39.3 Å². The van der Waals surface area contributed by atoms with Crippen molar-refractivity contribution in [3.8, 4) is 0 Å². The van der Waals surface area contributed by atoms with Crippen LogP contribution in [0.3, 0.4) is 0 Å². The summed E-state index contributed by atoms with van der Waals surface area (Å²) >= 11 is 3.07. The standard InChI is InChI=1S/C15H17N3O2S2/c1-2-6-16-12(19)8-21-7-11-17-14(20)13-9-4-3-5-10(9)22-15(13)18-11/h2H,1,3-8H2,(H,16,19)(H,17,18,20). The van der Waals surface area contributed by atoms with Crippen molar-refractivity contribution < 1.29 is 4.79 Å². The summed E-state index contributed by atoms with van der Waals surface area (Å²) in [6, 6.07) is 0. The second kappa shape index (κ2) is 6.66. The van der Waals surface area contributed by atoms with Gasteiger partial charge in [-0.3, -0.25) is 9.59 Å². The lowest BCUT2D eigenvalue weighted by Gasteiger charge is -2.03. The van der Waals surface area contributed by atoms with Gasteiger partial charge in [0.15, 0.2) is 0 Å². The van der Waals surface area contributed by atoms with Crippen molar-refractivity contribution in [2.24, 2.45) is 0 Å². The molecule has 0 fully saturated rings. The first-order valence-electron chi connectivity index (χ1n) is 7.18. The molecule has 2 heterocycles. The topological polar surface area (TPSA) is 74.8 Å². The van der Waals surface area contributed by atoms with Crippen molar-refractivity contribution in [3.63, 3.8) is 0 Å². The third-order valence-corrected chi connectivity index (χ3v) is 5.67. The molecule has 0 bridgehead atoms. The van der Waals surface area contributed by atoms with Crippen LogP contribution in [-0.4, -0.2) is 28.2 Å². The fourth-order valence-electron chi connectivity index (χ4n) is 2.59. The number of hydrogen-bond donors (Lipinski definition) is 2. The molecule has 1 amide bonds. The van der Waals surface area contributed by atoms with Crippen molar-refractivity contribution in [1.29, 1.82) is 0 Å². The largest absolute Gasteiger partial charge is 0.352 e. The van der Waals surface area contributed by atoms with Gasteiger partial charge in [-0.05, 0) is 24.8 Å². The first-order valence-corrected chi connectivity index (χ1v) is 9.15. The molecule has 0 atom stereocenters. The number of aromatic amines is 1. The number of carbonyl (C=O) groups excluding carboxylic acids is 1. The quantitative estimate of drug-likeness (QED) is 0.792. The smallest absolute Gasteiger partial charge is 0.259 e. The van der Waals surface area contributed by atoms with E-state index in [2.05, 4.69) is 21.9 Å². The molecule has 116 valence electrons. The molecule has 0 saturated heterocycles. The van der Waals surface area contributed by atoms with Gasteiger partial charge in [-0.25, -0.2) is 4.98 Å². The van der Waals surface area contributed by atoms with Gasteiger partial charge in [-0.15, -0.1) is 29.7 Å². The van der Waals surface area contributed by atoms with Crippen LogP contribution in [0.1, 0.15) is 22.7 Å². The van der Waals surface area contributed by atoms with E-state index in [4.69, 9.17) is 0 Å². The minimum absolute atomic E-state index is 0.0385. The Hall–Kier alpha value is -1.60. The number of thiophene rings is 1. The van der Waals surface area contributed by atoms with Crippen LogP contribution in [-0.2, 0) is 23.4 Å². The molecule has 0 saturated carbocycles. The lowest BCUT2D eigenvalue weighted by molar-refractivity contribution is -0.118. The monoisotopic (exact) mass is 335 g/mol. The molecule has 22 heavy (non-hydrogen) atoms. The Morgan fingerprint density at radius 3 is 3.18 bits per heavy atom. The van der Waals surface area contributed by atoms with Crippen LogP contribution < -0.4 is 10.9 Å². The van der Waals surface area contributed by atoms with Gasteiger partial charge in [0.1, 0.15) is 10.7 Å². The highest BCUT2D eigenvalue weighted by molar-refractivity contribution is 7.99. The van der Waals surface area contributed by atoms with Crippen LogP contribution >= 0.6 is 23.1 Å². The summed E-state index contributed by atoms with van der Waals surface area (Å²) in [6.07, 6.45) is 4.82. The molecule has 5 nitrogen and oxygen atoms in total. The summed E-state index contributed by atoms with van der Waals surface area (Å²) in [5.41, 5.74) is 1.15. The second-order valence-corrected chi connectivity index (χ2v) is 7.20. The molecule has 0 radical (unpaired) electrons. The first kappa shape index (κ1) is 15.3. The van der Waals surface area contributed by atoms with Gasteiger partial charge in [0, 0.05) is 11.4 Å². The van der Waals surface area contributed by atoms with Crippen molar-refractivity contribution in [2.75, 3.05) is 12.3 Å². The number of fused-ring (bicyclic) bond motifs is 3. The Morgan fingerprint density at radius 2 is 2.36 bits per heavy atom. The van der Waals surface area contributed by atoms with E-state index in [0.29, 0.717) is 23.9 Å². The van der Waals surface area contributed by atoms with E-state index in [1.807, 2.05) is 0 Å². The van der Waals surface area contributed by atoms with E-state index < -0.39 is 0 Å². The summed E-state index contributed by atoms with van der Waals surface area (Å²) < 4.78 is 0. The highest BCUT2D eigenvalue weighted by atomic mass is 32.2. The maximum absolute atomic E-state index is 12.3. The summed E-state index contributed by atoms with van der Waals surface area (Å²) in [4.78, 5) is 33.3. The maximum atomic E-state index is 12.3. The highest BCUT2D eigenvalue weighted by Gasteiger charge is 2.21. The van der Waals surface area contributed by atoms with Crippen LogP contribution in [0.2, 0.25) is 0 Å². The number of aryl methyl sites for hydroxylation is 2. The van der Waals surface area contributed by atoms with Crippen molar-refractivity contribution in [2.45, 2.75) is 25.0 Å². The third-order valence-electron chi connectivity index (χ3n) is 3.54. The first-order chi connectivity index (χ1) is 10.7. The Bertz CT molecular complexity index is 779. The molecule has 0 spiro atoms. The summed E-state index contributed by atoms with van der Waals surface area (Å²) in [6.45, 7) is 4.02. The predicted molar refractivity (Wildman–Crippen MR) is 91.6 cm³/mol. The van der Waals surface area contributed by atoms with E-state index in [-0.39, 0.29) is 11.5 Å². The van der Waals surface area contributed by atoms with Gasteiger partial charge in [0.05, 0.1) is 16.9 Å². The minimum Gasteiger partial charge on any atom is -0.352 e. The molecule has 1 aliphatic rings. The molecule has 0 aliphatic heterocycles. The van der Waals surface area contributed by atoms with Gasteiger partial charge in [-0.1, -0.05) is 6.08 Å². The zero-order valence-corrected chi connectivity index (χ0v) is 13.7. The van der Waals surface area contributed by atoms with Crippen LogP contribution in [0.25, 0.3) is 10.2 Å². The van der Waals surface area contributed by atoms with Crippen LogP contribution in [0.4, 0.5) is 0 Å². The number of hydrogen-bond acceptors (Lipinski definition) is 5. The van der Waals surface area contributed by atoms with Gasteiger partial charge in [0.25, 0.3) is 5.56 Å². The van der Waals surface area contributed by atoms with E-state index in [1.165, 1.54) is 22.2 Å². The number of nitrogens with one attached hydrogen (secondary N) is 2.